The summed E-state index contributed by atoms with van der Waals surface area (Å²) in [6, 6.07) is 13.0. The van der Waals surface area contributed by atoms with E-state index in [-0.39, 0.29) is 21.7 Å². The van der Waals surface area contributed by atoms with Crippen LogP contribution in [-0.2, 0) is 10.0 Å². The summed E-state index contributed by atoms with van der Waals surface area (Å²) < 4.78 is 62.2. The molecule has 0 aliphatic carbocycles. The van der Waals surface area contributed by atoms with Crippen LogP contribution in [0.15, 0.2) is 89.7 Å². The van der Waals surface area contributed by atoms with Crippen LogP contribution in [0.3, 0.4) is 0 Å². The van der Waals surface area contributed by atoms with E-state index in [4.69, 9.17) is 16.3 Å². The van der Waals surface area contributed by atoms with E-state index in [1.165, 1.54) is 24.5 Å². The first-order valence-electron chi connectivity index (χ1n) is 10.6. The molecule has 186 valence electrons. The van der Waals surface area contributed by atoms with E-state index in [1.54, 1.807) is 48.1 Å². The monoisotopic (exact) mass is 556 g/mol. The maximum Gasteiger partial charge on any atom is 0.266 e. The van der Waals surface area contributed by atoms with Gasteiger partial charge in [0.2, 0.25) is 0 Å². The lowest BCUT2D eigenvalue weighted by Gasteiger charge is -2.15. The number of nitrogens with zero attached hydrogens (tertiary/aromatic N) is 3. The Bertz CT molecular complexity index is 1690. The zero-order valence-corrected chi connectivity index (χ0v) is 21.0. The fraction of sp³-hybridized carbons (Fsp3) is 0. The van der Waals surface area contributed by atoms with Crippen LogP contribution in [0.25, 0.3) is 22.4 Å². The van der Waals surface area contributed by atoms with Crippen LogP contribution in [0.2, 0.25) is 5.02 Å². The molecule has 0 aliphatic rings. The van der Waals surface area contributed by atoms with E-state index in [1.807, 2.05) is 0 Å². The van der Waals surface area contributed by atoms with Gasteiger partial charge in [-0.05, 0) is 30.3 Å². The molecule has 0 saturated heterocycles. The average molecular weight is 557 g/mol. The van der Waals surface area contributed by atoms with Crippen LogP contribution in [0.1, 0.15) is 0 Å². The maximum absolute atomic E-state index is 15.0. The molecule has 0 saturated carbocycles. The van der Waals surface area contributed by atoms with Gasteiger partial charge in [0.1, 0.15) is 22.3 Å². The molecule has 7 nitrogen and oxygen atoms in total. The molecule has 0 amide bonds. The minimum atomic E-state index is -4.29. The third kappa shape index (κ3) is 5.43. The number of aromatic nitrogens is 3. The smallest absolute Gasteiger partial charge is 0.266 e. The number of hydrogen-bond donors (Lipinski definition) is 1. The Morgan fingerprint density at radius 2 is 1.76 bits per heavy atom. The number of pyridine rings is 2. The van der Waals surface area contributed by atoms with Gasteiger partial charge < -0.3 is 4.74 Å². The van der Waals surface area contributed by atoms with Gasteiger partial charge in [0.25, 0.3) is 10.0 Å². The second-order valence-corrected chi connectivity index (χ2v) is 10.5. The molecule has 5 aromatic rings. The molecule has 12 heteroatoms. The zero-order valence-electron chi connectivity index (χ0n) is 18.6. The number of halogens is 3. The third-order valence-electron chi connectivity index (χ3n) is 5.11. The second kappa shape index (κ2) is 10.2. The van der Waals surface area contributed by atoms with Gasteiger partial charge in [-0.1, -0.05) is 29.8 Å². The molecule has 1 N–H and O–H groups in total. The molecule has 0 radical (unpaired) electrons. The molecule has 2 aromatic carbocycles. The van der Waals surface area contributed by atoms with Crippen LogP contribution < -0.4 is 9.46 Å². The van der Waals surface area contributed by atoms with Crippen molar-refractivity contribution in [1.29, 1.82) is 0 Å². The highest BCUT2D eigenvalue weighted by molar-refractivity contribution is 7.93. The van der Waals surface area contributed by atoms with Crippen LogP contribution >= 0.6 is 22.9 Å². The fourth-order valence-corrected chi connectivity index (χ4v) is 5.58. The molecule has 0 bridgehead atoms. The van der Waals surface area contributed by atoms with Crippen molar-refractivity contribution in [3.8, 4) is 33.9 Å². The van der Waals surface area contributed by atoms with Crippen molar-refractivity contribution in [2.24, 2.45) is 0 Å². The summed E-state index contributed by atoms with van der Waals surface area (Å²) in [5.41, 5.74) is 2.20. The number of thiazole rings is 1. The maximum atomic E-state index is 15.0. The molecule has 0 aliphatic heterocycles. The van der Waals surface area contributed by atoms with Crippen LogP contribution in [0.4, 0.5) is 13.9 Å². The van der Waals surface area contributed by atoms with Crippen molar-refractivity contribution in [3.05, 3.63) is 101 Å². The molecular weight excluding hydrogens is 542 g/mol. The molecule has 3 heterocycles. The van der Waals surface area contributed by atoms with Gasteiger partial charge in [0.15, 0.2) is 10.9 Å². The summed E-state index contributed by atoms with van der Waals surface area (Å²) >= 11 is 7.36. The Kier molecular flexibility index (Phi) is 6.83. The van der Waals surface area contributed by atoms with Crippen molar-refractivity contribution in [3.63, 3.8) is 0 Å². The van der Waals surface area contributed by atoms with Gasteiger partial charge in [-0.2, -0.15) is 0 Å². The largest absolute Gasteiger partial charge is 0.453 e. The first-order valence-corrected chi connectivity index (χ1v) is 13.3. The Balaban J connectivity index is 1.53. The Morgan fingerprint density at radius 3 is 2.49 bits per heavy atom. The van der Waals surface area contributed by atoms with Crippen molar-refractivity contribution >= 4 is 38.1 Å². The number of hydrogen-bond acceptors (Lipinski definition) is 7. The molecule has 3 aromatic heterocycles. The number of ether oxygens (including phenoxy) is 1. The number of nitrogens with one attached hydrogen (secondary N) is 1. The summed E-state index contributed by atoms with van der Waals surface area (Å²) in [6.45, 7) is 0. The third-order valence-corrected chi connectivity index (χ3v) is 7.58. The summed E-state index contributed by atoms with van der Waals surface area (Å²) in [4.78, 5) is 11.7. The minimum Gasteiger partial charge on any atom is -0.453 e. The summed E-state index contributed by atoms with van der Waals surface area (Å²) in [5.74, 6) is -1.41. The van der Waals surface area contributed by atoms with Gasteiger partial charge in [0.05, 0.1) is 16.9 Å². The van der Waals surface area contributed by atoms with Crippen molar-refractivity contribution in [1.82, 2.24) is 15.0 Å². The van der Waals surface area contributed by atoms with E-state index in [9.17, 15) is 17.2 Å². The first-order chi connectivity index (χ1) is 17.8. The van der Waals surface area contributed by atoms with E-state index in [0.717, 1.165) is 23.5 Å². The lowest BCUT2D eigenvalue weighted by molar-refractivity contribution is 0.473. The first kappa shape index (κ1) is 24.8. The van der Waals surface area contributed by atoms with E-state index < -0.39 is 26.6 Å². The number of rotatable bonds is 7. The quantitative estimate of drug-likeness (QED) is 0.237. The fourth-order valence-electron chi connectivity index (χ4n) is 3.43. The predicted molar refractivity (Wildman–Crippen MR) is 137 cm³/mol. The van der Waals surface area contributed by atoms with E-state index >= 15 is 0 Å². The van der Waals surface area contributed by atoms with Crippen LogP contribution in [-0.4, -0.2) is 23.4 Å². The second-order valence-electron chi connectivity index (χ2n) is 7.58. The molecule has 0 unspecified atom stereocenters. The minimum absolute atomic E-state index is 0.0847. The topological polar surface area (TPSA) is 94.1 Å². The van der Waals surface area contributed by atoms with E-state index in [2.05, 4.69) is 19.7 Å². The molecule has 0 fully saturated rings. The highest BCUT2D eigenvalue weighted by atomic mass is 35.5. The Hall–Kier alpha value is -3.93. The van der Waals surface area contributed by atoms with Crippen molar-refractivity contribution in [2.75, 3.05) is 4.72 Å². The number of benzene rings is 2. The van der Waals surface area contributed by atoms with Crippen molar-refractivity contribution < 1.29 is 21.9 Å². The highest BCUT2D eigenvalue weighted by Gasteiger charge is 2.24. The van der Waals surface area contributed by atoms with Gasteiger partial charge in [-0.25, -0.2) is 22.2 Å². The van der Waals surface area contributed by atoms with Gasteiger partial charge in [-0.3, -0.25) is 14.7 Å². The lowest BCUT2D eigenvalue weighted by Crippen LogP contribution is -2.14. The molecule has 37 heavy (non-hydrogen) atoms. The number of anilines is 1. The summed E-state index contributed by atoms with van der Waals surface area (Å²) in [5, 5.41) is 1.51. The van der Waals surface area contributed by atoms with E-state index in [0.29, 0.717) is 22.4 Å². The van der Waals surface area contributed by atoms with Crippen LogP contribution in [0, 0.1) is 11.6 Å². The standard InChI is InChI=1S/C25H15ClF2N4O3S2/c26-19-11-24(37(33,34)32-25-30-7-8-36-25)20(28)12-22(19)35-23-14-31-21(15-3-1-5-17(27)9-15)10-18(23)16-4-2-6-29-13-16/h1-14H,(H,30,32). The molecular formula is C25H15ClF2N4O3S2. The Labute approximate surface area is 219 Å². The summed E-state index contributed by atoms with van der Waals surface area (Å²) in [6.07, 6.45) is 6.01. The average Bonchev–Trinajstić information content (AvgIpc) is 3.39. The molecule has 0 atom stereocenters. The van der Waals surface area contributed by atoms with Crippen LogP contribution in [0.5, 0.6) is 11.5 Å². The molecule has 0 spiro atoms. The Morgan fingerprint density at radius 1 is 0.919 bits per heavy atom. The number of sulfonamides is 1. The summed E-state index contributed by atoms with van der Waals surface area (Å²) in [7, 11) is -4.29. The van der Waals surface area contributed by atoms with Gasteiger partial charge in [0, 0.05) is 46.7 Å². The SMILES string of the molecule is O=S(=O)(Nc1nccs1)c1cc(Cl)c(Oc2cnc(-c3cccc(F)c3)cc2-c2cccnc2)cc1F. The van der Waals surface area contributed by atoms with Crippen molar-refractivity contribution in [2.45, 2.75) is 4.90 Å². The highest BCUT2D eigenvalue weighted by Crippen LogP contribution is 2.39. The molecule has 5 rings (SSSR count). The van der Waals surface area contributed by atoms with Gasteiger partial charge >= 0.3 is 0 Å². The normalized spacial score (nSPS) is 11.3. The zero-order chi connectivity index (χ0) is 26.0. The predicted octanol–water partition coefficient (Wildman–Crippen LogP) is 6.79. The van der Waals surface area contributed by atoms with Gasteiger partial charge in [-0.15, -0.1) is 11.3 Å². The lowest BCUT2D eigenvalue weighted by atomic mass is 10.0.